The number of amides is 2. The maximum Gasteiger partial charge on any atom is 0.329 e. The van der Waals surface area contributed by atoms with Crippen molar-refractivity contribution in [1.82, 2.24) is 10.2 Å². The van der Waals surface area contributed by atoms with E-state index in [2.05, 4.69) is 5.32 Å². The standard InChI is InChI=1S/C21H32N2O4/c1-14(2)20(22-18(24)12-17-10-8-7-9-11-17)21(26)27-13-19(25)23(15(3)4)16(5)6/h7-11,14-16,20H,12-13H2,1-6H3,(H,22,24)/t20-/m0/s1. The summed E-state index contributed by atoms with van der Waals surface area (Å²) in [6.45, 7) is 11.0. The minimum Gasteiger partial charge on any atom is -0.454 e. The van der Waals surface area contributed by atoms with Crippen molar-refractivity contribution >= 4 is 17.8 Å². The van der Waals surface area contributed by atoms with Crippen molar-refractivity contribution in [3.63, 3.8) is 0 Å². The molecule has 1 N–H and O–H groups in total. The maximum absolute atomic E-state index is 12.4. The molecule has 1 rings (SSSR count). The highest BCUT2D eigenvalue weighted by Gasteiger charge is 2.28. The molecule has 0 bridgehead atoms. The van der Waals surface area contributed by atoms with Crippen LogP contribution in [0.5, 0.6) is 0 Å². The van der Waals surface area contributed by atoms with Crippen LogP contribution in [0.4, 0.5) is 0 Å². The molecule has 1 aromatic carbocycles. The van der Waals surface area contributed by atoms with Crippen molar-refractivity contribution in [2.45, 2.75) is 66.1 Å². The molecule has 6 heteroatoms. The van der Waals surface area contributed by atoms with Crippen molar-refractivity contribution in [1.29, 1.82) is 0 Å². The van der Waals surface area contributed by atoms with Gasteiger partial charge in [-0.15, -0.1) is 0 Å². The van der Waals surface area contributed by atoms with Gasteiger partial charge in [0.25, 0.3) is 5.91 Å². The van der Waals surface area contributed by atoms with E-state index in [4.69, 9.17) is 4.74 Å². The molecule has 0 heterocycles. The van der Waals surface area contributed by atoms with Gasteiger partial charge in [-0.25, -0.2) is 4.79 Å². The molecule has 0 spiro atoms. The highest BCUT2D eigenvalue weighted by Crippen LogP contribution is 2.09. The third kappa shape index (κ3) is 7.41. The zero-order valence-electron chi connectivity index (χ0n) is 17.2. The monoisotopic (exact) mass is 376 g/mol. The number of hydrogen-bond acceptors (Lipinski definition) is 4. The van der Waals surface area contributed by atoms with Crippen LogP contribution in [0.1, 0.15) is 47.1 Å². The van der Waals surface area contributed by atoms with Crippen LogP contribution >= 0.6 is 0 Å². The molecule has 0 unspecified atom stereocenters. The van der Waals surface area contributed by atoms with Crippen LogP contribution in [-0.2, 0) is 25.5 Å². The fourth-order valence-corrected chi connectivity index (χ4v) is 2.97. The lowest BCUT2D eigenvalue weighted by Gasteiger charge is -2.30. The second-order valence-electron chi connectivity index (χ2n) is 7.55. The lowest BCUT2D eigenvalue weighted by atomic mass is 10.0. The first-order valence-corrected chi connectivity index (χ1v) is 9.44. The lowest BCUT2D eigenvalue weighted by Crippen LogP contribution is -2.48. The molecular formula is C21H32N2O4. The van der Waals surface area contributed by atoms with Crippen LogP contribution in [0.15, 0.2) is 30.3 Å². The number of carbonyl (C=O) groups excluding carboxylic acids is 3. The van der Waals surface area contributed by atoms with E-state index in [0.717, 1.165) is 5.56 Å². The van der Waals surface area contributed by atoms with Crippen LogP contribution in [-0.4, -0.2) is 47.4 Å². The summed E-state index contributed by atoms with van der Waals surface area (Å²) in [6.07, 6.45) is 0.185. The first-order chi connectivity index (χ1) is 12.6. The number of nitrogens with one attached hydrogen (secondary N) is 1. The molecule has 0 aliphatic rings. The van der Waals surface area contributed by atoms with Crippen molar-refractivity contribution in [3.8, 4) is 0 Å². The van der Waals surface area contributed by atoms with E-state index >= 15 is 0 Å². The van der Waals surface area contributed by atoms with Gasteiger partial charge in [-0.2, -0.15) is 0 Å². The summed E-state index contributed by atoms with van der Waals surface area (Å²) in [7, 11) is 0. The highest BCUT2D eigenvalue weighted by atomic mass is 16.5. The molecule has 0 saturated carbocycles. The molecule has 6 nitrogen and oxygen atoms in total. The largest absolute Gasteiger partial charge is 0.454 e. The zero-order chi connectivity index (χ0) is 20.6. The predicted octanol–water partition coefficient (Wildman–Crippen LogP) is 2.56. The average Bonchev–Trinajstić information content (AvgIpc) is 2.57. The van der Waals surface area contributed by atoms with Gasteiger partial charge in [0.2, 0.25) is 5.91 Å². The Balaban J connectivity index is 2.65. The van der Waals surface area contributed by atoms with Crippen LogP contribution < -0.4 is 5.32 Å². The van der Waals surface area contributed by atoms with E-state index in [1.807, 2.05) is 71.9 Å². The summed E-state index contributed by atoms with van der Waals surface area (Å²) in [5.74, 6) is -1.24. The van der Waals surface area contributed by atoms with E-state index in [-0.39, 0.29) is 42.8 Å². The Morgan fingerprint density at radius 1 is 0.963 bits per heavy atom. The summed E-state index contributed by atoms with van der Waals surface area (Å²) in [5, 5.41) is 2.72. The number of ether oxygens (including phenoxy) is 1. The molecule has 1 aromatic rings. The zero-order valence-corrected chi connectivity index (χ0v) is 17.2. The molecule has 0 saturated heterocycles. The van der Waals surface area contributed by atoms with Gasteiger partial charge in [0.1, 0.15) is 6.04 Å². The van der Waals surface area contributed by atoms with Gasteiger partial charge in [-0.1, -0.05) is 44.2 Å². The Morgan fingerprint density at radius 3 is 2.00 bits per heavy atom. The van der Waals surface area contributed by atoms with Crippen LogP contribution in [0.2, 0.25) is 0 Å². The highest BCUT2D eigenvalue weighted by molar-refractivity contribution is 5.87. The lowest BCUT2D eigenvalue weighted by molar-refractivity contribution is -0.156. The molecule has 27 heavy (non-hydrogen) atoms. The fourth-order valence-electron chi connectivity index (χ4n) is 2.97. The quantitative estimate of drug-likeness (QED) is 0.672. The van der Waals surface area contributed by atoms with Gasteiger partial charge in [-0.05, 0) is 39.2 Å². The summed E-state index contributed by atoms with van der Waals surface area (Å²) < 4.78 is 5.21. The second kappa shape index (κ2) is 10.7. The molecule has 0 radical (unpaired) electrons. The third-order valence-electron chi connectivity index (χ3n) is 4.18. The minimum absolute atomic E-state index is 0.0164. The Morgan fingerprint density at radius 2 is 1.52 bits per heavy atom. The number of carbonyl (C=O) groups is 3. The van der Waals surface area contributed by atoms with Gasteiger partial charge >= 0.3 is 5.97 Å². The van der Waals surface area contributed by atoms with E-state index in [1.165, 1.54) is 0 Å². The molecule has 2 amide bonds. The van der Waals surface area contributed by atoms with Crippen LogP contribution in [0.3, 0.4) is 0 Å². The summed E-state index contributed by atoms with van der Waals surface area (Å²) >= 11 is 0. The molecule has 150 valence electrons. The molecule has 0 aromatic heterocycles. The van der Waals surface area contributed by atoms with Crippen molar-refractivity contribution < 1.29 is 19.1 Å². The Bertz CT molecular complexity index is 618. The Hall–Kier alpha value is -2.37. The van der Waals surface area contributed by atoms with Gasteiger partial charge in [0.05, 0.1) is 6.42 Å². The first kappa shape index (κ1) is 22.7. The van der Waals surface area contributed by atoms with Crippen molar-refractivity contribution in [2.24, 2.45) is 5.92 Å². The fraction of sp³-hybridized carbons (Fsp3) is 0.571. The molecular weight excluding hydrogens is 344 g/mol. The minimum atomic E-state index is -0.791. The number of nitrogens with zero attached hydrogens (tertiary/aromatic N) is 1. The van der Waals surface area contributed by atoms with Crippen LogP contribution in [0, 0.1) is 5.92 Å². The number of benzene rings is 1. The topological polar surface area (TPSA) is 75.7 Å². The third-order valence-corrected chi connectivity index (χ3v) is 4.18. The summed E-state index contributed by atoms with van der Waals surface area (Å²) in [4.78, 5) is 38.7. The molecule has 0 aliphatic heterocycles. The Labute approximate surface area is 162 Å². The molecule has 0 aliphatic carbocycles. The smallest absolute Gasteiger partial charge is 0.329 e. The van der Waals surface area contributed by atoms with Gasteiger partial charge in [0, 0.05) is 12.1 Å². The average molecular weight is 376 g/mol. The van der Waals surface area contributed by atoms with E-state index in [0.29, 0.717) is 0 Å². The summed E-state index contributed by atoms with van der Waals surface area (Å²) in [5.41, 5.74) is 0.866. The Kier molecular flexibility index (Phi) is 8.98. The predicted molar refractivity (Wildman–Crippen MR) is 105 cm³/mol. The van der Waals surface area contributed by atoms with Crippen LogP contribution in [0.25, 0.3) is 0 Å². The van der Waals surface area contributed by atoms with E-state index < -0.39 is 12.0 Å². The van der Waals surface area contributed by atoms with Gasteiger partial charge in [0.15, 0.2) is 6.61 Å². The first-order valence-electron chi connectivity index (χ1n) is 9.44. The maximum atomic E-state index is 12.4. The SMILES string of the molecule is CC(C)[C@H](NC(=O)Cc1ccccc1)C(=O)OCC(=O)N(C(C)C)C(C)C. The second-order valence-corrected chi connectivity index (χ2v) is 7.55. The molecule has 0 fully saturated rings. The van der Waals surface area contributed by atoms with Gasteiger partial charge < -0.3 is 15.0 Å². The van der Waals surface area contributed by atoms with Crippen molar-refractivity contribution in [2.75, 3.05) is 6.61 Å². The van der Waals surface area contributed by atoms with Crippen molar-refractivity contribution in [3.05, 3.63) is 35.9 Å². The normalized spacial score (nSPS) is 12.2. The van der Waals surface area contributed by atoms with E-state index in [1.54, 1.807) is 4.90 Å². The molecule has 1 atom stereocenters. The van der Waals surface area contributed by atoms with E-state index in [9.17, 15) is 14.4 Å². The number of esters is 1. The number of rotatable bonds is 9. The summed E-state index contributed by atoms with van der Waals surface area (Å²) in [6, 6.07) is 8.55. The van der Waals surface area contributed by atoms with Gasteiger partial charge in [-0.3, -0.25) is 9.59 Å². The number of hydrogen-bond donors (Lipinski definition) is 1.